The molecule has 2 heterocycles. The van der Waals surface area contributed by atoms with Crippen LogP contribution in [0.1, 0.15) is 10.4 Å². The van der Waals surface area contributed by atoms with Crippen LogP contribution in [0.25, 0.3) is 0 Å². The van der Waals surface area contributed by atoms with E-state index in [0.717, 1.165) is 13.1 Å². The van der Waals surface area contributed by atoms with Gasteiger partial charge >= 0.3 is 0 Å². The topological polar surface area (TPSA) is 12.0 Å². The standard InChI is InChI=1S/C7H9NS.BrH/c1-3-8-5-6-2-4-9-7(1)6;/h2,4,8H,1,3,5H2;1H. The Balaban J connectivity index is 0.000000500. The quantitative estimate of drug-likeness (QED) is 0.704. The highest BCUT2D eigenvalue weighted by Gasteiger charge is 2.07. The molecule has 1 aromatic rings. The Morgan fingerprint density at radius 3 is 3.20 bits per heavy atom. The number of fused-ring (bicyclic) bond motifs is 1. The fourth-order valence-corrected chi connectivity index (χ4v) is 2.08. The minimum atomic E-state index is 0. The molecule has 0 unspecified atom stereocenters. The maximum Gasteiger partial charge on any atom is 0.0216 e. The molecule has 1 nitrogen and oxygen atoms in total. The second kappa shape index (κ2) is 3.51. The van der Waals surface area contributed by atoms with Crippen molar-refractivity contribution in [3.63, 3.8) is 0 Å². The van der Waals surface area contributed by atoms with Gasteiger partial charge in [-0.15, -0.1) is 28.3 Å². The van der Waals surface area contributed by atoms with Crippen LogP contribution in [0, 0.1) is 0 Å². The summed E-state index contributed by atoms with van der Waals surface area (Å²) < 4.78 is 0. The third-order valence-electron chi connectivity index (χ3n) is 1.68. The molecule has 1 N–H and O–H groups in total. The Kier molecular flexibility index (Phi) is 2.89. The summed E-state index contributed by atoms with van der Waals surface area (Å²) in [7, 11) is 0. The fraction of sp³-hybridized carbons (Fsp3) is 0.429. The van der Waals surface area contributed by atoms with Crippen LogP contribution in [0.15, 0.2) is 11.4 Å². The average molecular weight is 220 g/mol. The van der Waals surface area contributed by atoms with Crippen LogP contribution in [0.2, 0.25) is 0 Å². The van der Waals surface area contributed by atoms with Gasteiger partial charge in [-0.3, -0.25) is 0 Å². The van der Waals surface area contributed by atoms with Gasteiger partial charge in [0.25, 0.3) is 0 Å². The molecule has 0 bridgehead atoms. The van der Waals surface area contributed by atoms with Crippen LogP contribution >= 0.6 is 28.3 Å². The molecule has 56 valence electrons. The summed E-state index contributed by atoms with van der Waals surface area (Å²) in [6.45, 7) is 2.24. The van der Waals surface area contributed by atoms with Crippen molar-refractivity contribution in [1.82, 2.24) is 5.32 Å². The number of halogens is 1. The maximum absolute atomic E-state index is 3.33. The molecular formula is C7H10BrNS. The van der Waals surface area contributed by atoms with E-state index in [0.29, 0.717) is 0 Å². The van der Waals surface area contributed by atoms with E-state index >= 15 is 0 Å². The zero-order chi connectivity index (χ0) is 6.10. The molecule has 1 aliphatic rings. The Morgan fingerprint density at radius 1 is 1.50 bits per heavy atom. The van der Waals surface area contributed by atoms with Crippen molar-refractivity contribution in [2.75, 3.05) is 6.54 Å². The number of nitrogens with one attached hydrogen (secondary N) is 1. The van der Waals surface area contributed by atoms with Gasteiger partial charge in [-0.25, -0.2) is 0 Å². The van der Waals surface area contributed by atoms with Crippen molar-refractivity contribution in [1.29, 1.82) is 0 Å². The van der Waals surface area contributed by atoms with Crippen molar-refractivity contribution in [3.8, 4) is 0 Å². The largest absolute Gasteiger partial charge is 0.312 e. The van der Waals surface area contributed by atoms with Gasteiger partial charge in [0.05, 0.1) is 0 Å². The lowest BCUT2D eigenvalue weighted by Gasteiger charge is -2.10. The maximum atomic E-state index is 3.33. The van der Waals surface area contributed by atoms with Crippen LogP contribution in [-0.4, -0.2) is 6.54 Å². The van der Waals surface area contributed by atoms with Gasteiger partial charge < -0.3 is 5.32 Å². The summed E-state index contributed by atoms with van der Waals surface area (Å²) in [6.07, 6.45) is 1.23. The first kappa shape index (κ1) is 8.24. The van der Waals surface area contributed by atoms with Crippen LogP contribution in [0.4, 0.5) is 0 Å². The van der Waals surface area contributed by atoms with E-state index in [9.17, 15) is 0 Å². The predicted octanol–water partition coefficient (Wildman–Crippen LogP) is 1.97. The van der Waals surface area contributed by atoms with Crippen LogP contribution in [-0.2, 0) is 13.0 Å². The highest BCUT2D eigenvalue weighted by atomic mass is 79.9. The van der Waals surface area contributed by atoms with Gasteiger partial charge in [0, 0.05) is 18.0 Å². The van der Waals surface area contributed by atoms with Crippen LogP contribution in [0.3, 0.4) is 0 Å². The molecule has 0 radical (unpaired) electrons. The van der Waals surface area contributed by atoms with Gasteiger partial charge in [-0.05, 0) is 23.4 Å². The summed E-state index contributed by atoms with van der Waals surface area (Å²) >= 11 is 1.89. The van der Waals surface area contributed by atoms with Gasteiger partial charge in [0.15, 0.2) is 0 Å². The van der Waals surface area contributed by atoms with Gasteiger partial charge in [-0.1, -0.05) is 0 Å². The first-order valence-electron chi connectivity index (χ1n) is 3.23. The normalized spacial score (nSPS) is 15.6. The molecule has 0 spiro atoms. The van der Waals surface area contributed by atoms with E-state index in [1.165, 1.54) is 12.0 Å². The highest BCUT2D eigenvalue weighted by Crippen LogP contribution is 2.19. The average Bonchev–Trinajstić information content (AvgIpc) is 2.33. The zero-order valence-corrected chi connectivity index (χ0v) is 8.12. The fourth-order valence-electron chi connectivity index (χ4n) is 1.17. The van der Waals surface area contributed by atoms with Crippen molar-refractivity contribution < 1.29 is 0 Å². The molecule has 2 rings (SSSR count). The third-order valence-corrected chi connectivity index (χ3v) is 2.70. The minimum Gasteiger partial charge on any atom is -0.312 e. The molecule has 0 aromatic carbocycles. The number of rotatable bonds is 0. The van der Waals surface area contributed by atoms with Gasteiger partial charge in [0.2, 0.25) is 0 Å². The second-order valence-corrected chi connectivity index (χ2v) is 3.30. The molecule has 0 fully saturated rings. The molecule has 1 aromatic heterocycles. The Hall–Kier alpha value is 0.140. The van der Waals surface area contributed by atoms with Crippen molar-refractivity contribution in [2.24, 2.45) is 0 Å². The van der Waals surface area contributed by atoms with Crippen molar-refractivity contribution >= 4 is 28.3 Å². The molecule has 0 atom stereocenters. The molecule has 3 heteroatoms. The van der Waals surface area contributed by atoms with Crippen molar-refractivity contribution in [3.05, 3.63) is 21.9 Å². The molecule has 0 saturated carbocycles. The summed E-state index contributed by atoms with van der Waals surface area (Å²) in [5.41, 5.74) is 1.51. The van der Waals surface area contributed by atoms with E-state index in [4.69, 9.17) is 0 Å². The first-order valence-corrected chi connectivity index (χ1v) is 4.11. The minimum absolute atomic E-state index is 0. The highest BCUT2D eigenvalue weighted by molar-refractivity contribution is 8.93. The number of thiophene rings is 1. The number of hydrogen-bond acceptors (Lipinski definition) is 2. The SMILES string of the molecule is Br.c1cc2c(s1)CCNC2. The van der Waals surface area contributed by atoms with Crippen molar-refractivity contribution in [2.45, 2.75) is 13.0 Å². The van der Waals surface area contributed by atoms with Crippen LogP contribution in [0.5, 0.6) is 0 Å². The molecular weight excluding hydrogens is 210 g/mol. The van der Waals surface area contributed by atoms with E-state index in [-0.39, 0.29) is 17.0 Å². The lowest BCUT2D eigenvalue weighted by atomic mass is 10.1. The third kappa shape index (κ3) is 1.41. The first-order chi connectivity index (χ1) is 4.47. The lowest BCUT2D eigenvalue weighted by Crippen LogP contribution is -2.21. The Bertz CT molecular complexity index is 189. The summed E-state index contributed by atoms with van der Waals surface area (Å²) in [4.78, 5) is 1.58. The van der Waals surface area contributed by atoms with Gasteiger partial charge in [0.1, 0.15) is 0 Å². The molecule has 10 heavy (non-hydrogen) atoms. The lowest BCUT2D eigenvalue weighted by molar-refractivity contribution is 0.653. The summed E-state index contributed by atoms with van der Waals surface area (Å²) in [5, 5.41) is 5.51. The molecule has 0 saturated heterocycles. The summed E-state index contributed by atoms with van der Waals surface area (Å²) in [5.74, 6) is 0. The second-order valence-electron chi connectivity index (χ2n) is 2.30. The van der Waals surface area contributed by atoms with E-state index in [2.05, 4.69) is 16.8 Å². The van der Waals surface area contributed by atoms with E-state index < -0.39 is 0 Å². The predicted molar refractivity (Wildman–Crippen MR) is 50.1 cm³/mol. The number of hydrogen-bond donors (Lipinski definition) is 1. The van der Waals surface area contributed by atoms with Crippen LogP contribution < -0.4 is 5.32 Å². The van der Waals surface area contributed by atoms with E-state index in [1.807, 2.05) is 11.3 Å². The Morgan fingerprint density at radius 2 is 2.40 bits per heavy atom. The summed E-state index contributed by atoms with van der Waals surface area (Å²) in [6, 6.07) is 2.21. The zero-order valence-electron chi connectivity index (χ0n) is 5.59. The smallest absolute Gasteiger partial charge is 0.0216 e. The van der Waals surface area contributed by atoms with Gasteiger partial charge in [-0.2, -0.15) is 0 Å². The molecule has 0 amide bonds. The Labute approximate surface area is 75.2 Å². The molecule has 0 aliphatic carbocycles. The van der Waals surface area contributed by atoms with E-state index in [1.54, 1.807) is 4.88 Å². The monoisotopic (exact) mass is 219 g/mol. The molecule has 1 aliphatic heterocycles.